The third kappa shape index (κ3) is 5.58. The Labute approximate surface area is 189 Å². The van der Waals surface area contributed by atoms with Crippen LogP contribution in [-0.2, 0) is 15.8 Å². The number of nitrogens with zero attached hydrogens (tertiary/aromatic N) is 1. The molecule has 0 bridgehead atoms. The number of aromatic hydroxyl groups is 2. The van der Waals surface area contributed by atoms with Crippen molar-refractivity contribution < 1.29 is 33.0 Å². The lowest BCUT2D eigenvalue weighted by atomic mass is 9.94. The Morgan fingerprint density at radius 3 is 2.36 bits per heavy atom. The summed E-state index contributed by atoms with van der Waals surface area (Å²) in [6.07, 6.45) is 4.94. The number of terminal acetylenes is 1. The molecule has 0 saturated heterocycles. The summed E-state index contributed by atoms with van der Waals surface area (Å²) >= 11 is 0. The van der Waals surface area contributed by atoms with E-state index in [1.54, 1.807) is 0 Å². The maximum Gasteiger partial charge on any atom is 0.416 e. The fourth-order valence-corrected chi connectivity index (χ4v) is 3.94. The Balaban J connectivity index is 2.11. The smallest absolute Gasteiger partial charge is 0.416 e. The van der Waals surface area contributed by atoms with Crippen LogP contribution in [0.3, 0.4) is 0 Å². The van der Waals surface area contributed by atoms with E-state index in [4.69, 9.17) is 6.42 Å². The summed E-state index contributed by atoms with van der Waals surface area (Å²) in [5.41, 5.74) is -1.18. The number of benzene rings is 2. The Morgan fingerprint density at radius 2 is 1.76 bits per heavy atom. The maximum atomic E-state index is 13.4. The molecule has 2 aromatic rings. The van der Waals surface area contributed by atoms with Crippen molar-refractivity contribution in [2.75, 3.05) is 4.90 Å². The fraction of sp³-hybridized carbons (Fsp3) is 0.333. The van der Waals surface area contributed by atoms with Gasteiger partial charge in [-0.1, -0.05) is 31.4 Å². The zero-order chi connectivity index (χ0) is 24.2. The number of hydrogen-bond donors (Lipinski definition) is 3. The molecule has 0 aliphatic heterocycles. The van der Waals surface area contributed by atoms with Gasteiger partial charge in [-0.3, -0.25) is 14.5 Å². The molecule has 0 heterocycles. The maximum absolute atomic E-state index is 13.4. The highest BCUT2D eigenvalue weighted by Crippen LogP contribution is 2.36. The van der Waals surface area contributed by atoms with Crippen LogP contribution in [0.4, 0.5) is 18.9 Å². The normalized spacial score (nSPS) is 15.3. The lowest BCUT2D eigenvalue weighted by Crippen LogP contribution is -2.47. The molecule has 1 aliphatic rings. The molecule has 174 valence electrons. The van der Waals surface area contributed by atoms with Gasteiger partial charge in [-0.05, 0) is 54.7 Å². The van der Waals surface area contributed by atoms with Crippen molar-refractivity contribution in [3.8, 4) is 23.8 Å². The van der Waals surface area contributed by atoms with Crippen LogP contribution in [0, 0.1) is 12.3 Å². The van der Waals surface area contributed by atoms with Crippen LogP contribution in [0.1, 0.15) is 49.3 Å². The molecule has 3 N–H and O–H groups in total. The van der Waals surface area contributed by atoms with Gasteiger partial charge in [0.1, 0.15) is 6.04 Å². The van der Waals surface area contributed by atoms with Gasteiger partial charge in [-0.15, -0.1) is 6.42 Å². The number of phenols is 2. The number of carbonyl (C=O) groups excluding carboxylic acids is 2. The molecule has 9 heteroatoms. The number of halogens is 3. The van der Waals surface area contributed by atoms with Crippen molar-refractivity contribution in [3.05, 3.63) is 53.6 Å². The van der Waals surface area contributed by atoms with E-state index in [1.165, 1.54) is 12.1 Å². The molecule has 1 fully saturated rings. The number of amides is 2. The van der Waals surface area contributed by atoms with E-state index in [1.807, 2.05) is 5.92 Å². The van der Waals surface area contributed by atoms with Crippen molar-refractivity contribution >= 4 is 17.5 Å². The second-order valence-electron chi connectivity index (χ2n) is 7.86. The van der Waals surface area contributed by atoms with Crippen molar-refractivity contribution in [2.45, 2.75) is 50.4 Å². The average Bonchev–Trinajstić information content (AvgIpc) is 2.79. The van der Waals surface area contributed by atoms with E-state index >= 15 is 0 Å². The van der Waals surface area contributed by atoms with E-state index in [2.05, 4.69) is 5.32 Å². The summed E-state index contributed by atoms with van der Waals surface area (Å²) in [7, 11) is 0. The summed E-state index contributed by atoms with van der Waals surface area (Å²) in [5, 5.41) is 22.5. The third-order valence-corrected chi connectivity index (χ3v) is 5.57. The first-order chi connectivity index (χ1) is 15.6. The van der Waals surface area contributed by atoms with Gasteiger partial charge in [0.15, 0.2) is 11.5 Å². The largest absolute Gasteiger partial charge is 0.504 e. The van der Waals surface area contributed by atoms with Gasteiger partial charge in [0.25, 0.3) is 0 Å². The van der Waals surface area contributed by atoms with Gasteiger partial charge >= 0.3 is 12.1 Å². The standard InChI is InChI=1S/C24H23F3N2O4/c1-2-21(32)29(18-10-6-7-16(14-18)24(25,26)27)22(15-11-12-19(30)20(31)13-15)23(33)28-17-8-4-3-5-9-17/h1,6-7,10-14,17,22,30-31H,3-5,8-9H2,(H,28,33). The number of alkyl halides is 3. The van der Waals surface area contributed by atoms with E-state index in [9.17, 15) is 33.0 Å². The van der Waals surface area contributed by atoms with Crippen LogP contribution in [0.15, 0.2) is 42.5 Å². The van der Waals surface area contributed by atoms with Gasteiger partial charge in [-0.2, -0.15) is 13.2 Å². The van der Waals surface area contributed by atoms with Crippen LogP contribution in [0.25, 0.3) is 0 Å². The van der Waals surface area contributed by atoms with Crippen LogP contribution in [0.5, 0.6) is 11.5 Å². The second kappa shape index (κ2) is 9.86. The minimum Gasteiger partial charge on any atom is -0.504 e. The van der Waals surface area contributed by atoms with Gasteiger partial charge in [-0.25, -0.2) is 0 Å². The highest BCUT2D eigenvalue weighted by molar-refractivity contribution is 6.09. The van der Waals surface area contributed by atoms with Crippen molar-refractivity contribution in [2.24, 2.45) is 0 Å². The van der Waals surface area contributed by atoms with Gasteiger partial charge in [0.05, 0.1) is 5.56 Å². The Kier molecular flexibility index (Phi) is 7.16. The van der Waals surface area contributed by atoms with Gasteiger partial charge in [0.2, 0.25) is 5.91 Å². The summed E-state index contributed by atoms with van der Waals surface area (Å²) < 4.78 is 40.0. The molecule has 33 heavy (non-hydrogen) atoms. The quantitative estimate of drug-likeness (QED) is 0.459. The van der Waals surface area contributed by atoms with Crippen molar-refractivity contribution in [3.63, 3.8) is 0 Å². The highest BCUT2D eigenvalue weighted by atomic mass is 19.4. The van der Waals surface area contributed by atoms with Crippen molar-refractivity contribution in [1.29, 1.82) is 0 Å². The van der Waals surface area contributed by atoms with Crippen LogP contribution in [0.2, 0.25) is 0 Å². The number of hydrogen-bond acceptors (Lipinski definition) is 4. The van der Waals surface area contributed by atoms with E-state index in [0.29, 0.717) is 0 Å². The van der Waals surface area contributed by atoms with E-state index in [-0.39, 0.29) is 17.3 Å². The molecular formula is C24H23F3N2O4. The predicted molar refractivity (Wildman–Crippen MR) is 115 cm³/mol. The zero-order valence-electron chi connectivity index (χ0n) is 17.6. The van der Waals surface area contributed by atoms with Crippen LogP contribution < -0.4 is 10.2 Å². The number of nitrogens with one attached hydrogen (secondary N) is 1. The summed E-state index contributed by atoms with van der Waals surface area (Å²) in [5.74, 6) is -0.840. The third-order valence-electron chi connectivity index (χ3n) is 5.57. The first-order valence-corrected chi connectivity index (χ1v) is 10.4. The molecule has 0 spiro atoms. The molecule has 1 aliphatic carbocycles. The monoisotopic (exact) mass is 460 g/mol. The molecule has 1 unspecified atom stereocenters. The van der Waals surface area contributed by atoms with Crippen LogP contribution in [-0.4, -0.2) is 28.1 Å². The molecule has 0 aromatic heterocycles. The molecule has 3 rings (SSSR count). The Hall–Kier alpha value is -3.67. The topological polar surface area (TPSA) is 89.9 Å². The lowest BCUT2D eigenvalue weighted by Gasteiger charge is -2.32. The summed E-state index contributed by atoms with van der Waals surface area (Å²) in [6, 6.07) is 5.77. The number of carbonyl (C=O) groups is 2. The van der Waals surface area contributed by atoms with Gasteiger partial charge in [0, 0.05) is 11.7 Å². The number of phenolic OH excluding ortho intramolecular Hbond substituents is 2. The highest BCUT2D eigenvalue weighted by Gasteiger charge is 2.36. The second-order valence-corrected chi connectivity index (χ2v) is 7.86. The first kappa shape index (κ1) is 24.0. The van der Waals surface area contributed by atoms with Crippen molar-refractivity contribution in [1.82, 2.24) is 5.32 Å². The number of anilines is 1. The minimum atomic E-state index is -4.68. The van der Waals surface area contributed by atoms with Gasteiger partial charge < -0.3 is 15.5 Å². The molecule has 2 aromatic carbocycles. The molecule has 1 atom stereocenters. The predicted octanol–water partition coefficient (Wildman–Crippen LogP) is 4.27. The number of rotatable bonds is 5. The SMILES string of the molecule is C#CC(=O)N(c1cccc(C(F)(F)F)c1)C(C(=O)NC1CCCCC1)c1ccc(O)c(O)c1. The molecule has 0 radical (unpaired) electrons. The minimum absolute atomic E-state index is 0.0691. The van der Waals surface area contributed by atoms with Crippen LogP contribution >= 0.6 is 0 Å². The molecule has 6 nitrogen and oxygen atoms in total. The Bertz CT molecular complexity index is 1070. The molecular weight excluding hydrogens is 437 g/mol. The lowest BCUT2D eigenvalue weighted by molar-refractivity contribution is -0.137. The summed E-state index contributed by atoms with van der Waals surface area (Å²) in [6.45, 7) is 0. The first-order valence-electron chi connectivity index (χ1n) is 10.4. The zero-order valence-corrected chi connectivity index (χ0v) is 17.6. The molecule has 2 amide bonds. The molecule has 1 saturated carbocycles. The summed E-state index contributed by atoms with van der Waals surface area (Å²) in [4.78, 5) is 26.9. The van der Waals surface area contributed by atoms with E-state index < -0.39 is 41.1 Å². The van der Waals surface area contributed by atoms with E-state index in [0.717, 1.165) is 67.3 Å². The average molecular weight is 460 g/mol. The Morgan fingerprint density at radius 1 is 1.06 bits per heavy atom. The fourth-order valence-electron chi connectivity index (χ4n) is 3.94.